The first-order valence-corrected chi connectivity index (χ1v) is 4.82. The molecule has 0 unspecified atom stereocenters. The first-order valence-electron chi connectivity index (χ1n) is 4.82. The molecule has 0 amide bonds. The highest BCUT2D eigenvalue weighted by Gasteiger charge is 2.22. The lowest BCUT2D eigenvalue weighted by Crippen LogP contribution is -2.33. The quantitative estimate of drug-likeness (QED) is 0.698. The molecule has 2 aromatic heterocycles. The Bertz CT molecular complexity index is 566. The predicted octanol–water partition coefficient (Wildman–Crippen LogP) is 0.182. The minimum Gasteiger partial charge on any atom is -0.480 e. The van der Waals surface area contributed by atoms with Gasteiger partial charge in [-0.2, -0.15) is 5.16 Å². The summed E-state index contributed by atoms with van der Waals surface area (Å²) in [7, 11) is 0. The third-order valence-corrected chi connectivity index (χ3v) is 2.28. The summed E-state index contributed by atoms with van der Waals surface area (Å²) >= 11 is 0. The Morgan fingerprint density at radius 1 is 1.59 bits per heavy atom. The number of carbonyl (C=O) groups is 1. The van der Waals surface area contributed by atoms with Gasteiger partial charge in [0.05, 0.1) is 11.8 Å². The molecule has 0 aromatic carbocycles. The van der Waals surface area contributed by atoms with E-state index in [9.17, 15) is 9.59 Å². The molecule has 0 spiro atoms. The Hall–Kier alpha value is -2.28. The third kappa shape index (κ3) is 2.13. The van der Waals surface area contributed by atoms with Crippen molar-refractivity contribution in [3.05, 3.63) is 34.3 Å². The number of H-pyrrole nitrogens is 1. The van der Waals surface area contributed by atoms with Crippen molar-refractivity contribution in [2.24, 2.45) is 5.73 Å². The summed E-state index contributed by atoms with van der Waals surface area (Å²) in [6, 6.07) is 2.06. The molecule has 2 rings (SSSR count). The van der Waals surface area contributed by atoms with Crippen molar-refractivity contribution in [1.82, 2.24) is 5.16 Å². The summed E-state index contributed by atoms with van der Waals surface area (Å²) in [6.07, 6.45) is 1.29. The fourth-order valence-corrected chi connectivity index (χ4v) is 1.42. The van der Waals surface area contributed by atoms with Crippen LogP contribution >= 0.6 is 0 Å². The SMILES string of the molecule is N[C@H](Cc1c(-c2ccco2)o[nH]c1=O)C(=O)O. The van der Waals surface area contributed by atoms with E-state index in [2.05, 4.69) is 5.16 Å². The standard InChI is InChI=1S/C10H10N2O5/c11-6(10(14)15)4-5-8(17-12-9(5)13)7-2-1-3-16-7/h1-3,6H,4,11H2,(H,12,13)(H,14,15)/t6-/m1/s1. The first kappa shape index (κ1) is 11.2. The van der Waals surface area contributed by atoms with E-state index in [0.29, 0.717) is 5.76 Å². The molecule has 0 aliphatic rings. The molecule has 2 heterocycles. The molecule has 7 nitrogen and oxygen atoms in total. The number of nitrogens with two attached hydrogens (primary N) is 1. The van der Waals surface area contributed by atoms with E-state index in [1.165, 1.54) is 6.26 Å². The summed E-state index contributed by atoms with van der Waals surface area (Å²) in [5.41, 5.74) is 5.03. The van der Waals surface area contributed by atoms with Crippen LogP contribution in [0, 0.1) is 0 Å². The molecule has 0 aliphatic carbocycles. The molecule has 0 saturated heterocycles. The Kier molecular flexibility index (Phi) is 2.84. The second-order valence-corrected chi connectivity index (χ2v) is 3.47. The summed E-state index contributed by atoms with van der Waals surface area (Å²) in [4.78, 5) is 22.1. The highest BCUT2D eigenvalue weighted by molar-refractivity contribution is 5.74. The second-order valence-electron chi connectivity index (χ2n) is 3.47. The van der Waals surface area contributed by atoms with Crippen molar-refractivity contribution in [1.29, 1.82) is 0 Å². The second kappa shape index (κ2) is 4.30. The van der Waals surface area contributed by atoms with E-state index >= 15 is 0 Å². The first-order chi connectivity index (χ1) is 8.09. The smallest absolute Gasteiger partial charge is 0.320 e. The molecule has 4 N–H and O–H groups in total. The average Bonchev–Trinajstić information content (AvgIpc) is 2.89. The molecule has 0 saturated carbocycles. The number of carboxylic acids is 1. The Morgan fingerprint density at radius 2 is 2.35 bits per heavy atom. The van der Waals surface area contributed by atoms with Crippen LogP contribution in [0.3, 0.4) is 0 Å². The maximum Gasteiger partial charge on any atom is 0.320 e. The molecule has 7 heteroatoms. The number of furan rings is 1. The molecular weight excluding hydrogens is 228 g/mol. The number of aromatic nitrogens is 1. The molecule has 2 aromatic rings. The van der Waals surface area contributed by atoms with E-state index < -0.39 is 17.6 Å². The largest absolute Gasteiger partial charge is 0.480 e. The minimum atomic E-state index is -1.18. The van der Waals surface area contributed by atoms with E-state index in [1.807, 2.05) is 0 Å². The zero-order chi connectivity index (χ0) is 12.4. The Balaban J connectivity index is 2.37. The van der Waals surface area contributed by atoms with Gasteiger partial charge in [0.25, 0.3) is 5.56 Å². The van der Waals surface area contributed by atoms with Gasteiger partial charge in [0.15, 0.2) is 5.76 Å². The van der Waals surface area contributed by atoms with Crippen LogP contribution in [-0.2, 0) is 11.2 Å². The highest BCUT2D eigenvalue weighted by atomic mass is 16.5. The van der Waals surface area contributed by atoms with Crippen molar-refractivity contribution in [2.75, 3.05) is 0 Å². The highest BCUT2D eigenvalue weighted by Crippen LogP contribution is 2.22. The summed E-state index contributed by atoms with van der Waals surface area (Å²) < 4.78 is 10.0. The van der Waals surface area contributed by atoms with Gasteiger partial charge < -0.3 is 19.8 Å². The lowest BCUT2D eigenvalue weighted by Gasteiger charge is -2.03. The Morgan fingerprint density at radius 3 is 2.94 bits per heavy atom. The Labute approximate surface area is 94.8 Å². The van der Waals surface area contributed by atoms with Crippen molar-refractivity contribution in [2.45, 2.75) is 12.5 Å². The average molecular weight is 238 g/mol. The number of aliphatic carboxylic acids is 1. The van der Waals surface area contributed by atoms with Crippen LogP contribution in [0.1, 0.15) is 5.56 Å². The van der Waals surface area contributed by atoms with Crippen LogP contribution in [0.2, 0.25) is 0 Å². The molecule has 17 heavy (non-hydrogen) atoms. The minimum absolute atomic E-state index is 0.128. The van der Waals surface area contributed by atoms with Crippen LogP contribution < -0.4 is 11.3 Å². The number of nitrogens with one attached hydrogen (secondary N) is 1. The third-order valence-electron chi connectivity index (χ3n) is 2.28. The maximum atomic E-state index is 11.5. The zero-order valence-electron chi connectivity index (χ0n) is 8.67. The van der Waals surface area contributed by atoms with Gasteiger partial charge in [0, 0.05) is 6.42 Å². The van der Waals surface area contributed by atoms with Crippen molar-refractivity contribution in [3.63, 3.8) is 0 Å². The monoisotopic (exact) mass is 238 g/mol. The van der Waals surface area contributed by atoms with Crippen molar-refractivity contribution >= 4 is 5.97 Å². The van der Waals surface area contributed by atoms with E-state index in [-0.39, 0.29) is 17.7 Å². The maximum absolute atomic E-state index is 11.5. The molecule has 90 valence electrons. The number of rotatable bonds is 4. The van der Waals surface area contributed by atoms with Crippen LogP contribution in [0.5, 0.6) is 0 Å². The number of carboxylic acid groups (broad SMARTS) is 1. The molecule has 0 radical (unpaired) electrons. The van der Waals surface area contributed by atoms with Gasteiger partial charge >= 0.3 is 5.97 Å². The topological polar surface area (TPSA) is 122 Å². The van der Waals surface area contributed by atoms with E-state index in [0.717, 1.165) is 0 Å². The molecule has 0 aliphatic heterocycles. The van der Waals surface area contributed by atoms with Crippen molar-refractivity contribution in [3.8, 4) is 11.5 Å². The lowest BCUT2D eigenvalue weighted by molar-refractivity contribution is -0.138. The normalized spacial score (nSPS) is 12.5. The van der Waals surface area contributed by atoms with Crippen molar-refractivity contribution < 1.29 is 18.8 Å². The van der Waals surface area contributed by atoms with Gasteiger partial charge in [0.1, 0.15) is 6.04 Å². The van der Waals surface area contributed by atoms with Gasteiger partial charge in [0.2, 0.25) is 5.76 Å². The van der Waals surface area contributed by atoms with E-state index in [1.54, 1.807) is 12.1 Å². The van der Waals surface area contributed by atoms with Crippen LogP contribution in [0.4, 0.5) is 0 Å². The molecule has 1 atom stereocenters. The molecule has 0 bridgehead atoms. The van der Waals surface area contributed by atoms with Crippen LogP contribution in [-0.4, -0.2) is 22.3 Å². The fraction of sp³-hybridized carbons (Fsp3) is 0.200. The predicted molar refractivity (Wildman–Crippen MR) is 56.3 cm³/mol. The summed E-state index contributed by atoms with van der Waals surface area (Å²) in [6.45, 7) is 0. The van der Waals surface area contributed by atoms with E-state index in [4.69, 9.17) is 19.8 Å². The number of aromatic amines is 1. The van der Waals surface area contributed by atoms with Crippen LogP contribution in [0.15, 0.2) is 32.1 Å². The summed E-state index contributed by atoms with van der Waals surface area (Å²) in [5, 5.41) is 10.8. The van der Waals surface area contributed by atoms with Gasteiger partial charge in [-0.25, -0.2) is 0 Å². The van der Waals surface area contributed by atoms with Crippen LogP contribution in [0.25, 0.3) is 11.5 Å². The lowest BCUT2D eigenvalue weighted by atomic mass is 10.1. The zero-order valence-corrected chi connectivity index (χ0v) is 8.67. The number of hydrogen-bond donors (Lipinski definition) is 3. The molecular formula is C10H10N2O5. The molecule has 0 fully saturated rings. The van der Waals surface area contributed by atoms with Gasteiger partial charge in [-0.05, 0) is 12.1 Å². The van der Waals surface area contributed by atoms with Gasteiger partial charge in [-0.3, -0.25) is 9.59 Å². The summed E-state index contributed by atoms with van der Waals surface area (Å²) in [5.74, 6) is -0.663. The van der Waals surface area contributed by atoms with Gasteiger partial charge in [-0.15, -0.1) is 0 Å². The van der Waals surface area contributed by atoms with Gasteiger partial charge in [-0.1, -0.05) is 0 Å². The number of hydrogen-bond acceptors (Lipinski definition) is 5. The fourth-order valence-electron chi connectivity index (χ4n) is 1.42.